The summed E-state index contributed by atoms with van der Waals surface area (Å²) >= 11 is 0. The summed E-state index contributed by atoms with van der Waals surface area (Å²) in [5, 5.41) is 46.0. The first-order valence-corrected chi connectivity index (χ1v) is 5.48. The van der Waals surface area contributed by atoms with Gasteiger partial charge >= 0.3 is 0 Å². The Bertz CT molecular complexity index is 337. The van der Waals surface area contributed by atoms with E-state index in [1.54, 1.807) is 6.92 Å². The lowest BCUT2D eigenvalue weighted by atomic mass is 9.99. The number of ether oxygens (including phenoxy) is 2. The van der Waals surface area contributed by atoms with E-state index < -0.39 is 37.3 Å². The van der Waals surface area contributed by atoms with Crippen molar-refractivity contribution >= 4 is 0 Å². The van der Waals surface area contributed by atoms with E-state index in [9.17, 15) is 15.3 Å². The first kappa shape index (κ1) is 15.0. The molecule has 5 atom stereocenters. The van der Waals surface area contributed by atoms with Crippen LogP contribution in [-0.2, 0) is 9.47 Å². The van der Waals surface area contributed by atoms with Crippen LogP contribution >= 0.6 is 0 Å². The van der Waals surface area contributed by atoms with Gasteiger partial charge in [-0.15, -0.1) is 0 Å². The summed E-state index contributed by atoms with van der Waals surface area (Å²) in [6.45, 7) is 1.20. The minimum absolute atomic E-state index is 0.0379. The fraction of sp³-hybridized carbons (Fsp3) is 0.727. The molecule has 18 heavy (non-hydrogen) atoms. The lowest BCUT2D eigenvalue weighted by molar-refractivity contribution is -0.299. The number of nitriles is 1. The fourth-order valence-electron chi connectivity index (χ4n) is 1.57. The number of allylic oxidation sites excluding steroid dienone is 1. The zero-order valence-corrected chi connectivity index (χ0v) is 9.93. The first-order valence-electron chi connectivity index (χ1n) is 5.48. The van der Waals surface area contributed by atoms with Crippen molar-refractivity contribution in [2.75, 3.05) is 13.2 Å². The maximum absolute atomic E-state index is 9.64. The van der Waals surface area contributed by atoms with Crippen molar-refractivity contribution in [1.82, 2.24) is 0 Å². The molecule has 0 aliphatic carbocycles. The van der Waals surface area contributed by atoms with Crippen LogP contribution in [-0.4, -0.2) is 64.3 Å². The van der Waals surface area contributed by atoms with Crippen LogP contribution in [0.5, 0.6) is 0 Å². The van der Waals surface area contributed by atoms with E-state index in [0.717, 1.165) is 0 Å². The van der Waals surface area contributed by atoms with Gasteiger partial charge in [0.25, 0.3) is 0 Å². The van der Waals surface area contributed by atoms with Gasteiger partial charge < -0.3 is 29.9 Å². The second-order valence-electron chi connectivity index (χ2n) is 4.13. The molecule has 7 nitrogen and oxygen atoms in total. The Hall–Kier alpha value is -1.01. The zero-order chi connectivity index (χ0) is 13.7. The monoisotopic (exact) mass is 259 g/mol. The molecule has 1 rings (SSSR count). The Labute approximate surface area is 104 Å². The van der Waals surface area contributed by atoms with Crippen LogP contribution in [0.2, 0.25) is 0 Å². The number of hydrogen-bond donors (Lipinski definition) is 4. The molecule has 5 unspecified atom stereocenters. The van der Waals surface area contributed by atoms with Crippen molar-refractivity contribution in [2.24, 2.45) is 0 Å². The molecule has 1 aliphatic rings. The minimum Gasteiger partial charge on any atom is -0.394 e. The molecule has 1 heterocycles. The summed E-state index contributed by atoms with van der Waals surface area (Å²) < 4.78 is 10.3. The molecule has 0 aromatic carbocycles. The normalized spacial score (nSPS) is 37.3. The maximum atomic E-state index is 9.64. The van der Waals surface area contributed by atoms with Gasteiger partial charge in [0.15, 0.2) is 6.29 Å². The molecule has 0 saturated carbocycles. The van der Waals surface area contributed by atoms with E-state index in [2.05, 4.69) is 0 Å². The summed E-state index contributed by atoms with van der Waals surface area (Å²) in [5.74, 6) is 0. The lowest BCUT2D eigenvalue weighted by Crippen LogP contribution is -2.59. The second-order valence-corrected chi connectivity index (χ2v) is 4.13. The van der Waals surface area contributed by atoms with Gasteiger partial charge in [-0.25, -0.2) is 0 Å². The quantitative estimate of drug-likeness (QED) is 0.442. The van der Waals surface area contributed by atoms with Gasteiger partial charge in [-0.1, -0.05) is 0 Å². The van der Waals surface area contributed by atoms with Crippen LogP contribution in [0.15, 0.2) is 11.6 Å². The molecule has 7 heteroatoms. The van der Waals surface area contributed by atoms with Crippen molar-refractivity contribution in [3.8, 4) is 6.07 Å². The third kappa shape index (κ3) is 3.49. The SMILES string of the molecule is CC(=CC#N)COC1OC(CO)C(O)C(O)C1O. The largest absolute Gasteiger partial charge is 0.394 e. The smallest absolute Gasteiger partial charge is 0.187 e. The molecule has 0 aromatic rings. The standard InChI is InChI=1S/C11H17NO6/c1-6(2-3-12)5-17-11-10(16)9(15)8(14)7(4-13)18-11/h2,7-11,13-16H,4-5H2,1H3. The van der Waals surface area contributed by atoms with Crippen LogP contribution in [0.4, 0.5) is 0 Å². The number of nitrogens with zero attached hydrogens (tertiary/aromatic N) is 1. The van der Waals surface area contributed by atoms with E-state index in [1.165, 1.54) is 6.08 Å². The third-order valence-electron chi connectivity index (χ3n) is 2.63. The summed E-state index contributed by atoms with van der Waals surface area (Å²) in [4.78, 5) is 0. The number of hydrogen-bond acceptors (Lipinski definition) is 7. The highest BCUT2D eigenvalue weighted by Crippen LogP contribution is 2.22. The van der Waals surface area contributed by atoms with E-state index in [0.29, 0.717) is 5.57 Å². The fourth-order valence-corrected chi connectivity index (χ4v) is 1.57. The molecule has 1 fully saturated rings. The minimum atomic E-state index is -1.46. The van der Waals surface area contributed by atoms with Gasteiger partial charge in [0.1, 0.15) is 24.4 Å². The highest BCUT2D eigenvalue weighted by molar-refractivity contribution is 5.11. The Morgan fingerprint density at radius 1 is 1.33 bits per heavy atom. The van der Waals surface area contributed by atoms with Crippen molar-refractivity contribution in [3.63, 3.8) is 0 Å². The summed E-state index contributed by atoms with van der Waals surface area (Å²) in [6.07, 6.45) is -5.15. The van der Waals surface area contributed by atoms with Gasteiger partial charge in [0, 0.05) is 6.08 Å². The molecule has 4 N–H and O–H groups in total. The number of aliphatic hydroxyl groups excluding tert-OH is 4. The van der Waals surface area contributed by atoms with Crippen LogP contribution < -0.4 is 0 Å². The van der Waals surface area contributed by atoms with E-state index in [1.807, 2.05) is 6.07 Å². The Balaban J connectivity index is 2.60. The Kier molecular flexibility index (Phi) is 5.68. The molecule has 0 spiro atoms. The van der Waals surface area contributed by atoms with Crippen molar-refractivity contribution in [1.29, 1.82) is 5.26 Å². The van der Waals surface area contributed by atoms with Crippen molar-refractivity contribution in [3.05, 3.63) is 11.6 Å². The molecule has 0 aromatic heterocycles. The predicted molar refractivity (Wildman–Crippen MR) is 59.1 cm³/mol. The van der Waals surface area contributed by atoms with Crippen LogP contribution in [0.3, 0.4) is 0 Å². The predicted octanol–water partition coefficient (Wildman–Crippen LogP) is -1.73. The average Bonchev–Trinajstić information content (AvgIpc) is 2.35. The highest BCUT2D eigenvalue weighted by atomic mass is 16.7. The summed E-state index contributed by atoms with van der Waals surface area (Å²) in [7, 11) is 0. The molecule has 0 bridgehead atoms. The van der Waals surface area contributed by atoms with E-state index in [-0.39, 0.29) is 6.61 Å². The molecule has 0 radical (unpaired) electrons. The van der Waals surface area contributed by atoms with Gasteiger partial charge in [-0.05, 0) is 12.5 Å². The maximum Gasteiger partial charge on any atom is 0.187 e. The highest BCUT2D eigenvalue weighted by Gasteiger charge is 2.43. The van der Waals surface area contributed by atoms with Crippen LogP contribution in [0.1, 0.15) is 6.92 Å². The molecule has 0 amide bonds. The third-order valence-corrected chi connectivity index (χ3v) is 2.63. The second kappa shape index (κ2) is 6.80. The van der Waals surface area contributed by atoms with E-state index in [4.69, 9.17) is 19.8 Å². The topological polar surface area (TPSA) is 123 Å². The molecule has 102 valence electrons. The summed E-state index contributed by atoms with van der Waals surface area (Å²) in [5.41, 5.74) is 0.620. The van der Waals surface area contributed by atoms with Gasteiger partial charge in [-0.3, -0.25) is 0 Å². The van der Waals surface area contributed by atoms with Crippen molar-refractivity contribution < 1.29 is 29.9 Å². The average molecular weight is 259 g/mol. The molecular formula is C11H17NO6. The Morgan fingerprint density at radius 2 is 2.00 bits per heavy atom. The Morgan fingerprint density at radius 3 is 2.56 bits per heavy atom. The lowest BCUT2D eigenvalue weighted by Gasteiger charge is -2.39. The molecule has 1 aliphatic heterocycles. The number of aliphatic hydroxyl groups is 4. The van der Waals surface area contributed by atoms with Crippen molar-refractivity contribution in [2.45, 2.75) is 37.6 Å². The molecule has 1 saturated heterocycles. The summed E-state index contributed by atoms with van der Waals surface area (Å²) in [6, 6.07) is 1.83. The van der Waals surface area contributed by atoms with E-state index >= 15 is 0 Å². The van der Waals surface area contributed by atoms with Gasteiger partial charge in [0.2, 0.25) is 0 Å². The van der Waals surface area contributed by atoms with Crippen LogP contribution in [0.25, 0.3) is 0 Å². The van der Waals surface area contributed by atoms with Crippen LogP contribution in [0, 0.1) is 11.3 Å². The molecular weight excluding hydrogens is 242 g/mol. The number of rotatable bonds is 4. The first-order chi connectivity index (χ1) is 8.51. The van der Waals surface area contributed by atoms with Gasteiger partial charge in [0.05, 0.1) is 19.3 Å². The van der Waals surface area contributed by atoms with Gasteiger partial charge in [-0.2, -0.15) is 5.26 Å². The zero-order valence-electron chi connectivity index (χ0n) is 9.93.